The predicted octanol–water partition coefficient (Wildman–Crippen LogP) is 4.76. The standard InChI is InChI=1S/C26H20O6/c1-29-17-7-3-15(4-8-17)13-22-25(28)19-11-12-21-24(26(19)32-22)20(14-23(27)31-21)16-5-9-18(30-2)10-6-16/h3-13,20H,14H2,1-2H3/b22-13-/t20-/m1/s1. The fourth-order valence-corrected chi connectivity index (χ4v) is 4.08. The van der Waals surface area contributed by atoms with Crippen LogP contribution in [-0.2, 0) is 4.79 Å². The third-order valence-electron chi connectivity index (χ3n) is 5.71. The first kappa shape index (κ1) is 19.9. The minimum atomic E-state index is -0.323. The average Bonchev–Trinajstić information content (AvgIpc) is 3.14. The number of allylic oxidation sites excluding steroid dienone is 1. The second kappa shape index (κ2) is 7.89. The summed E-state index contributed by atoms with van der Waals surface area (Å²) >= 11 is 0. The van der Waals surface area contributed by atoms with Gasteiger partial charge in [0.2, 0.25) is 5.78 Å². The van der Waals surface area contributed by atoms with Crippen molar-refractivity contribution >= 4 is 17.8 Å². The van der Waals surface area contributed by atoms with Crippen molar-refractivity contribution in [1.29, 1.82) is 0 Å². The molecule has 0 aromatic heterocycles. The molecule has 3 aromatic rings. The van der Waals surface area contributed by atoms with Gasteiger partial charge in [-0.05, 0) is 53.6 Å². The molecule has 0 amide bonds. The molecule has 0 fully saturated rings. The molecular weight excluding hydrogens is 408 g/mol. The predicted molar refractivity (Wildman–Crippen MR) is 117 cm³/mol. The van der Waals surface area contributed by atoms with Crippen LogP contribution in [-0.4, -0.2) is 26.0 Å². The molecule has 0 saturated carbocycles. The van der Waals surface area contributed by atoms with Crippen LogP contribution >= 0.6 is 0 Å². The lowest BCUT2D eigenvalue weighted by molar-refractivity contribution is -0.135. The molecule has 2 aliphatic rings. The quantitative estimate of drug-likeness (QED) is 0.339. The van der Waals surface area contributed by atoms with Crippen LogP contribution in [0, 0.1) is 0 Å². The Hall–Kier alpha value is -4.06. The summed E-state index contributed by atoms with van der Waals surface area (Å²) in [4.78, 5) is 25.3. The highest BCUT2D eigenvalue weighted by molar-refractivity contribution is 6.15. The second-order valence-electron chi connectivity index (χ2n) is 7.57. The van der Waals surface area contributed by atoms with Gasteiger partial charge in [0.15, 0.2) is 5.76 Å². The molecule has 2 heterocycles. The summed E-state index contributed by atoms with van der Waals surface area (Å²) in [6, 6.07) is 18.2. The molecule has 0 bridgehead atoms. The Morgan fingerprint density at radius 3 is 2.16 bits per heavy atom. The van der Waals surface area contributed by atoms with Crippen molar-refractivity contribution < 1.29 is 28.5 Å². The number of hydrogen-bond donors (Lipinski definition) is 0. The number of rotatable bonds is 4. The van der Waals surface area contributed by atoms with Gasteiger partial charge >= 0.3 is 5.97 Å². The number of Topliss-reactive ketones (excluding diaryl/α,β-unsaturated/α-hetero) is 1. The summed E-state index contributed by atoms with van der Waals surface area (Å²) in [7, 11) is 3.20. The maximum Gasteiger partial charge on any atom is 0.312 e. The van der Waals surface area contributed by atoms with Gasteiger partial charge in [-0.2, -0.15) is 0 Å². The largest absolute Gasteiger partial charge is 0.497 e. The van der Waals surface area contributed by atoms with Crippen LogP contribution in [0.5, 0.6) is 23.0 Å². The number of carbonyl (C=O) groups is 2. The van der Waals surface area contributed by atoms with Gasteiger partial charge in [-0.25, -0.2) is 0 Å². The highest BCUT2D eigenvalue weighted by Crippen LogP contribution is 2.49. The molecule has 2 aliphatic heterocycles. The number of ketones is 1. The van der Waals surface area contributed by atoms with Gasteiger partial charge in [0.25, 0.3) is 0 Å². The summed E-state index contributed by atoms with van der Waals surface area (Å²) in [5.74, 6) is 1.72. The van der Waals surface area contributed by atoms with E-state index in [2.05, 4.69) is 0 Å². The Morgan fingerprint density at radius 2 is 1.50 bits per heavy atom. The normalized spacial score (nSPS) is 17.9. The topological polar surface area (TPSA) is 71.1 Å². The Morgan fingerprint density at radius 1 is 0.844 bits per heavy atom. The van der Waals surface area contributed by atoms with E-state index in [1.54, 1.807) is 32.4 Å². The first-order chi connectivity index (χ1) is 15.6. The number of benzene rings is 3. The minimum Gasteiger partial charge on any atom is -0.497 e. The second-order valence-corrected chi connectivity index (χ2v) is 7.57. The van der Waals surface area contributed by atoms with Crippen LogP contribution < -0.4 is 18.9 Å². The van der Waals surface area contributed by atoms with E-state index >= 15 is 0 Å². The highest BCUT2D eigenvalue weighted by atomic mass is 16.5. The first-order valence-corrected chi connectivity index (χ1v) is 10.2. The van der Waals surface area contributed by atoms with E-state index in [-0.39, 0.29) is 29.9 Å². The fraction of sp³-hybridized carbons (Fsp3) is 0.154. The van der Waals surface area contributed by atoms with Crippen molar-refractivity contribution in [3.05, 3.63) is 88.7 Å². The molecule has 1 atom stereocenters. The van der Waals surface area contributed by atoms with Crippen molar-refractivity contribution in [2.24, 2.45) is 0 Å². The van der Waals surface area contributed by atoms with Crippen molar-refractivity contribution in [2.45, 2.75) is 12.3 Å². The van der Waals surface area contributed by atoms with Crippen LogP contribution in [0.25, 0.3) is 6.08 Å². The zero-order chi connectivity index (χ0) is 22.2. The molecule has 0 unspecified atom stereocenters. The zero-order valence-corrected chi connectivity index (χ0v) is 17.6. The van der Waals surface area contributed by atoms with Gasteiger partial charge in [0.1, 0.15) is 23.0 Å². The molecule has 32 heavy (non-hydrogen) atoms. The Labute approximate surface area is 185 Å². The van der Waals surface area contributed by atoms with Gasteiger partial charge in [-0.15, -0.1) is 0 Å². The van der Waals surface area contributed by atoms with Crippen molar-refractivity contribution in [1.82, 2.24) is 0 Å². The third kappa shape index (κ3) is 3.39. The van der Waals surface area contributed by atoms with E-state index in [0.717, 1.165) is 22.6 Å². The van der Waals surface area contributed by atoms with Crippen LogP contribution in [0.3, 0.4) is 0 Å². The summed E-state index contributed by atoms with van der Waals surface area (Å²) < 4.78 is 22.0. The number of fused-ring (bicyclic) bond motifs is 3. The molecule has 160 valence electrons. The van der Waals surface area contributed by atoms with Crippen LogP contribution in [0.15, 0.2) is 66.4 Å². The smallest absolute Gasteiger partial charge is 0.312 e. The summed E-state index contributed by atoms with van der Waals surface area (Å²) in [5.41, 5.74) is 2.90. The van der Waals surface area contributed by atoms with Gasteiger partial charge in [-0.3, -0.25) is 9.59 Å². The first-order valence-electron chi connectivity index (χ1n) is 10.2. The SMILES string of the molecule is COc1ccc(/C=C2\Oc3c(ccc4c3[C@@H](c3ccc(OC)cc3)CC(=O)O4)C2=O)cc1. The van der Waals surface area contributed by atoms with E-state index in [0.29, 0.717) is 22.6 Å². The van der Waals surface area contributed by atoms with Crippen molar-refractivity contribution in [3.63, 3.8) is 0 Å². The Kier molecular flexibility index (Phi) is 4.90. The van der Waals surface area contributed by atoms with Crippen LogP contribution in [0.2, 0.25) is 0 Å². The van der Waals surface area contributed by atoms with Gasteiger partial charge in [0.05, 0.1) is 26.2 Å². The molecule has 0 radical (unpaired) electrons. The molecular formula is C26H20O6. The maximum absolute atomic E-state index is 13.1. The lowest BCUT2D eigenvalue weighted by Gasteiger charge is -2.26. The van der Waals surface area contributed by atoms with E-state index in [1.807, 2.05) is 48.5 Å². The molecule has 3 aromatic carbocycles. The van der Waals surface area contributed by atoms with Gasteiger partial charge < -0.3 is 18.9 Å². The average molecular weight is 428 g/mol. The Balaban J connectivity index is 1.56. The van der Waals surface area contributed by atoms with E-state index in [1.165, 1.54) is 0 Å². The van der Waals surface area contributed by atoms with Crippen molar-refractivity contribution in [2.75, 3.05) is 14.2 Å². The lowest BCUT2D eigenvalue weighted by atomic mass is 9.84. The molecule has 0 aliphatic carbocycles. The minimum absolute atomic E-state index is 0.158. The number of methoxy groups -OCH3 is 2. The number of carbonyl (C=O) groups excluding carboxylic acids is 2. The molecule has 0 N–H and O–H groups in total. The monoisotopic (exact) mass is 428 g/mol. The molecule has 0 spiro atoms. The van der Waals surface area contributed by atoms with Gasteiger partial charge in [-0.1, -0.05) is 24.3 Å². The lowest BCUT2D eigenvalue weighted by Crippen LogP contribution is -2.21. The number of ether oxygens (including phenoxy) is 4. The zero-order valence-electron chi connectivity index (χ0n) is 17.6. The fourth-order valence-electron chi connectivity index (χ4n) is 4.08. The van der Waals surface area contributed by atoms with Crippen LogP contribution in [0.1, 0.15) is 39.4 Å². The maximum atomic E-state index is 13.1. The molecule has 0 saturated heterocycles. The van der Waals surface area contributed by atoms with E-state index < -0.39 is 0 Å². The molecule has 5 rings (SSSR count). The van der Waals surface area contributed by atoms with E-state index in [9.17, 15) is 9.59 Å². The third-order valence-corrected chi connectivity index (χ3v) is 5.71. The molecule has 6 nitrogen and oxygen atoms in total. The number of hydrogen-bond acceptors (Lipinski definition) is 6. The molecule has 6 heteroatoms. The number of esters is 1. The summed E-state index contributed by atoms with van der Waals surface area (Å²) in [5, 5.41) is 0. The summed E-state index contributed by atoms with van der Waals surface area (Å²) in [6.07, 6.45) is 1.86. The van der Waals surface area contributed by atoms with Gasteiger partial charge in [0, 0.05) is 11.5 Å². The van der Waals surface area contributed by atoms with Crippen LogP contribution in [0.4, 0.5) is 0 Å². The highest BCUT2D eigenvalue weighted by Gasteiger charge is 2.38. The van der Waals surface area contributed by atoms with E-state index in [4.69, 9.17) is 18.9 Å². The summed E-state index contributed by atoms with van der Waals surface area (Å²) in [6.45, 7) is 0. The Bertz CT molecular complexity index is 1240. The van der Waals surface area contributed by atoms with Crippen molar-refractivity contribution in [3.8, 4) is 23.0 Å².